The summed E-state index contributed by atoms with van der Waals surface area (Å²) in [6.07, 6.45) is 3.45. The van der Waals surface area contributed by atoms with E-state index < -0.39 is 11.8 Å². The zero-order valence-electron chi connectivity index (χ0n) is 10.3. The first-order valence-corrected chi connectivity index (χ1v) is 5.77. The monoisotopic (exact) mass is 264 g/mol. The summed E-state index contributed by atoms with van der Waals surface area (Å²) < 4.78 is 20.3. The Labute approximate surface area is 109 Å². The van der Waals surface area contributed by atoms with E-state index in [1.165, 1.54) is 6.07 Å². The van der Waals surface area contributed by atoms with Crippen LogP contribution in [0.4, 0.5) is 4.39 Å². The maximum absolute atomic E-state index is 13.0. The fourth-order valence-corrected chi connectivity index (χ4v) is 1.71. The number of halogens is 1. The van der Waals surface area contributed by atoms with Crippen molar-refractivity contribution >= 4 is 5.97 Å². The van der Waals surface area contributed by atoms with Crippen LogP contribution in [0.1, 0.15) is 23.1 Å². The van der Waals surface area contributed by atoms with E-state index in [4.69, 9.17) is 9.84 Å². The Morgan fingerprint density at radius 1 is 1.53 bits per heavy atom. The number of carboxylic acids is 1. The number of carbonyl (C=O) groups is 1. The summed E-state index contributed by atoms with van der Waals surface area (Å²) in [4.78, 5) is 15.1. The van der Waals surface area contributed by atoms with Crippen molar-refractivity contribution in [2.75, 3.05) is 0 Å². The highest BCUT2D eigenvalue weighted by Crippen LogP contribution is 2.20. The van der Waals surface area contributed by atoms with Crippen molar-refractivity contribution in [3.63, 3.8) is 0 Å². The number of hydrogen-bond acceptors (Lipinski definition) is 3. The molecule has 1 aromatic carbocycles. The number of ether oxygens (including phenoxy) is 1. The van der Waals surface area contributed by atoms with Crippen molar-refractivity contribution in [3.8, 4) is 5.75 Å². The molecule has 0 radical (unpaired) electrons. The fourth-order valence-electron chi connectivity index (χ4n) is 1.71. The molecule has 0 amide bonds. The van der Waals surface area contributed by atoms with Gasteiger partial charge in [0.25, 0.3) is 0 Å². The van der Waals surface area contributed by atoms with Crippen molar-refractivity contribution in [2.45, 2.75) is 20.1 Å². The highest BCUT2D eigenvalue weighted by Gasteiger charge is 2.13. The lowest BCUT2D eigenvalue weighted by atomic mass is 10.2. The SMILES string of the molecule is CCn1ccnc1COc1ccc(F)cc1C(=O)O. The molecule has 1 aromatic heterocycles. The van der Waals surface area contributed by atoms with Crippen molar-refractivity contribution in [2.24, 2.45) is 0 Å². The summed E-state index contributed by atoms with van der Waals surface area (Å²) in [5, 5.41) is 8.98. The third-order valence-corrected chi connectivity index (χ3v) is 2.67. The van der Waals surface area contributed by atoms with Crippen LogP contribution in [0.2, 0.25) is 0 Å². The second-order valence-electron chi connectivity index (χ2n) is 3.86. The molecule has 0 atom stereocenters. The third-order valence-electron chi connectivity index (χ3n) is 2.67. The Morgan fingerprint density at radius 3 is 3.00 bits per heavy atom. The molecule has 100 valence electrons. The molecule has 2 rings (SSSR count). The molecule has 2 aromatic rings. The average molecular weight is 264 g/mol. The van der Waals surface area contributed by atoms with Gasteiger partial charge in [-0.15, -0.1) is 0 Å². The summed E-state index contributed by atoms with van der Waals surface area (Å²) in [7, 11) is 0. The normalized spacial score (nSPS) is 10.4. The molecule has 6 heteroatoms. The molecule has 0 fully saturated rings. The second kappa shape index (κ2) is 5.51. The maximum Gasteiger partial charge on any atom is 0.339 e. The van der Waals surface area contributed by atoms with Crippen LogP contribution in [0.15, 0.2) is 30.6 Å². The second-order valence-corrected chi connectivity index (χ2v) is 3.86. The van der Waals surface area contributed by atoms with Crippen LogP contribution in [0.3, 0.4) is 0 Å². The lowest BCUT2D eigenvalue weighted by molar-refractivity contribution is 0.0691. The topological polar surface area (TPSA) is 64.4 Å². The molecule has 0 aliphatic heterocycles. The van der Waals surface area contributed by atoms with E-state index in [0.29, 0.717) is 5.82 Å². The van der Waals surface area contributed by atoms with Crippen molar-refractivity contribution in [1.82, 2.24) is 9.55 Å². The van der Waals surface area contributed by atoms with E-state index in [2.05, 4.69) is 4.98 Å². The minimum Gasteiger partial charge on any atom is -0.485 e. The number of carboxylic acid groups (broad SMARTS) is 1. The van der Waals surface area contributed by atoms with Gasteiger partial charge in [0.2, 0.25) is 0 Å². The number of aromatic carboxylic acids is 1. The van der Waals surface area contributed by atoms with Gasteiger partial charge < -0.3 is 14.4 Å². The Balaban J connectivity index is 2.18. The Bertz CT molecular complexity index is 595. The minimum absolute atomic E-state index is 0.125. The predicted molar refractivity (Wildman–Crippen MR) is 65.6 cm³/mol. The zero-order valence-corrected chi connectivity index (χ0v) is 10.3. The summed E-state index contributed by atoms with van der Waals surface area (Å²) in [6.45, 7) is 2.84. The summed E-state index contributed by atoms with van der Waals surface area (Å²) in [5.74, 6) is -1.03. The van der Waals surface area contributed by atoms with E-state index in [1.807, 2.05) is 17.7 Å². The van der Waals surface area contributed by atoms with Gasteiger partial charge in [-0.05, 0) is 25.1 Å². The first-order chi connectivity index (χ1) is 9.11. The van der Waals surface area contributed by atoms with Crippen molar-refractivity contribution in [1.29, 1.82) is 0 Å². The standard InChI is InChI=1S/C13H13FN2O3/c1-2-16-6-5-15-12(16)8-19-11-4-3-9(14)7-10(11)13(17)18/h3-7H,2,8H2,1H3,(H,17,18). The van der Waals surface area contributed by atoms with Gasteiger partial charge in [-0.25, -0.2) is 14.2 Å². The lowest BCUT2D eigenvalue weighted by Gasteiger charge is -2.10. The van der Waals surface area contributed by atoms with Crippen LogP contribution in [-0.2, 0) is 13.2 Å². The number of hydrogen-bond donors (Lipinski definition) is 1. The van der Waals surface area contributed by atoms with Gasteiger partial charge in [0.1, 0.15) is 29.6 Å². The third kappa shape index (κ3) is 2.90. The smallest absolute Gasteiger partial charge is 0.339 e. The zero-order chi connectivity index (χ0) is 13.8. The minimum atomic E-state index is -1.23. The van der Waals surface area contributed by atoms with E-state index in [0.717, 1.165) is 18.7 Å². The van der Waals surface area contributed by atoms with Crippen LogP contribution in [0, 0.1) is 5.82 Å². The van der Waals surface area contributed by atoms with Crippen molar-refractivity contribution < 1.29 is 19.0 Å². The number of rotatable bonds is 5. The summed E-state index contributed by atoms with van der Waals surface area (Å²) >= 11 is 0. The van der Waals surface area contributed by atoms with E-state index >= 15 is 0 Å². The molecule has 1 N–H and O–H groups in total. The van der Waals surface area contributed by atoms with E-state index in [1.54, 1.807) is 6.20 Å². The molecule has 0 aliphatic carbocycles. The highest BCUT2D eigenvalue weighted by molar-refractivity contribution is 5.90. The van der Waals surface area contributed by atoms with Gasteiger partial charge in [0.15, 0.2) is 0 Å². The van der Waals surface area contributed by atoms with Crippen LogP contribution < -0.4 is 4.74 Å². The molecule has 0 spiro atoms. The van der Waals surface area contributed by atoms with E-state index in [-0.39, 0.29) is 17.9 Å². The van der Waals surface area contributed by atoms with Crippen LogP contribution >= 0.6 is 0 Å². The average Bonchev–Trinajstić information content (AvgIpc) is 2.84. The molecule has 0 bridgehead atoms. The Morgan fingerprint density at radius 2 is 2.32 bits per heavy atom. The van der Waals surface area contributed by atoms with Gasteiger partial charge in [0, 0.05) is 18.9 Å². The molecule has 5 nitrogen and oxygen atoms in total. The predicted octanol–water partition coefficient (Wildman–Crippen LogP) is 2.32. The first-order valence-electron chi connectivity index (χ1n) is 5.77. The quantitative estimate of drug-likeness (QED) is 0.900. The summed E-state index contributed by atoms with van der Waals surface area (Å²) in [6, 6.07) is 3.40. The number of aromatic nitrogens is 2. The molecule has 0 aliphatic rings. The first kappa shape index (κ1) is 13.1. The number of aryl methyl sites for hydroxylation is 1. The van der Waals surface area contributed by atoms with Crippen LogP contribution in [0.25, 0.3) is 0 Å². The Hall–Kier alpha value is -2.37. The molecular weight excluding hydrogens is 251 g/mol. The number of nitrogens with zero attached hydrogens (tertiary/aromatic N) is 2. The number of benzene rings is 1. The summed E-state index contributed by atoms with van der Waals surface area (Å²) in [5.41, 5.74) is -0.199. The Kier molecular flexibility index (Phi) is 3.79. The molecule has 19 heavy (non-hydrogen) atoms. The molecular formula is C13H13FN2O3. The number of imidazole rings is 1. The van der Waals surface area contributed by atoms with E-state index in [9.17, 15) is 9.18 Å². The highest BCUT2D eigenvalue weighted by atomic mass is 19.1. The van der Waals surface area contributed by atoms with Gasteiger partial charge >= 0.3 is 5.97 Å². The molecule has 0 unspecified atom stereocenters. The van der Waals surface area contributed by atoms with Gasteiger partial charge in [-0.3, -0.25) is 0 Å². The maximum atomic E-state index is 13.0. The van der Waals surface area contributed by atoms with Crippen molar-refractivity contribution in [3.05, 3.63) is 47.8 Å². The molecule has 0 saturated carbocycles. The van der Waals surface area contributed by atoms with Gasteiger partial charge in [-0.2, -0.15) is 0 Å². The van der Waals surface area contributed by atoms with Gasteiger partial charge in [-0.1, -0.05) is 0 Å². The lowest BCUT2D eigenvalue weighted by Crippen LogP contribution is -2.08. The largest absolute Gasteiger partial charge is 0.485 e. The molecule has 1 heterocycles. The van der Waals surface area contributed by atoms with Gasteiger partial charge in [0.05, 0.1) is 0 Å². The van der Waals surface area contributed by atoms with Crippen LogP contribution in [-0.4, -0.2) is 20.6 Å². The molecule has 0 saturated heterocycles. The van der Waals surface area contributed by atoms with Crippen LogP contribution in [0.5, 0.6) is 5.75 Å². The fraction of sp³-hybridized carbons (Fsp3) is 0.231.